The van der Waals surface area contributed by atoms with E-state index in [9.17, 15) is 0 Å². The molecule has 0 radical (unpaired) electrons. The lowest BCUT2D eigenvalue weighted by molar-refractivity contribution is 2.21. The van der Waals surface area contributed by atoms with Crippen molar-refractivity contribution in [3.8, 4) is 0 Å². The van der Waals surface area contributed by atoms with Crippen LogP contribution >= 0.6 is 0 Å². The van der Waals surface area contributed by atoms with Crippen molar-refractivity contribution in [2.75, 3.05) is 0 Å². The summed E-state index contributed by atoms with van der Waals surface area (Å²) in [4.78, 5) is 0. The van der Waals surface area contributed by atoms with E-state index in [1.165, 1.54) is 0 Å². The molecule has 0 amide bonds. The molecule has 0 heterocycles. The summed E-state index contributed by atoms with van der Waals surface area (Å²) in [6.07, 6.45) is 0. The Morgan fingerprint density at radius 3 is 1.25 bits per heavy atom. The largest absolute Gasteiger partial charge is 0.107 e. The van der Waals surface area contributed by atoms with E-state index in [1.54, 1.807) is 0 Å². The SMILES string of the molecule is C=C[Si]([SiH3])(C=C)C=C. The maximum Gasteiger partial charge on any atom is 0.104 e. The monoisotopic (exact) mass is 140 g/mol. The molecule has 0 nitrogen and oxygen atoms in total. The van der Waals surface area contributed by atoms with E-state index in [-0.39, 0.29) is 0 Å². The molecule has 0 unspecified atom stereocenters. The fraction of sp³-hybridized carbons (Fsp3) is 0. The first-order valence-electron chi connectivity index (χ1n) is 2.59. The summed E-state index contributed by atoms with van der Waals surface area (Å²) in [6, 6.07) is 0. The molecule has 0 saturated carbocycles. The van der Waals surface area contributed by atoms with E-state index in [4.69, 9.17) is 0 Å². The minimum absolute atomic E-state index is 1.16. The predicted octanol–water partition coefficient (Wildman–Crippen LogP) is 0.473. The van der Waals surface area contributed by atoms with Crippen molar-refractivity contribution < 1.29 is 0 Å². The molecule has 8 heavy (non-hydrogen) atoms. The van der Waals surface area contributed by atoms with Gasteiger partial charge >= 0.3 is 0 Å². The first kappa shape index (κ1) is 7.65. The highest BCUT2D eigenvalue weighted by atomic mass is 29.2. The predicted molar refractivity (Wildman–Crippen MR) is 46.3 cm³/mol. The molecule has 0 aliphatic heterocycles. The minimum atomic E-state index is -1.24. The van der Waals surface area contributed by atoms with Crippen LogP contribution in [0.3, 0.4) is 0 Å². The van der Waals surface area contributed by atoms with Crippen LogP contribution in [0.25, 0.3) is 0 Å². The van der Waals surface area contributed by atoms with Crippen LogP contribution in [-0.4, -0.2) is 17.4 Å². The highest BCUT2D eigenvalue weighted by Gasteiger charge is 2.11. The van der Waals surface area contributed by atoms with Gasteiger partial charge in [-0.1, -0.05) is 17.1 Å². The average molecular weight is 140 g/mol. The van der Waals surface area contributed by atoms with Gasteiger partial charge in [-0.25, -0.2) is 0 Å². The third kappa shape index (κ3) is 1.64. The fourth-order valence-electron chi connectivity index (χ4n) is 0.250. The summed E-state index contributed by atoms with van der Waals surface area (Å²) < 4.78 is 0. The molecule has 0 bridgehead atoms. The van der Waals surface area contributed by atoms with Gasteiger partial charge in [0.2, 0.25) is 0 Å². The molecule has 0 saturated heterocycles. The molecule has 0 spiro atoms. The van der Waals surface area contributed by atoms with E-state index in [1.807, 2.05) is 17.1 Å². The first-order valence-corrected chi connectivity index (χ1v) is 8.32. The van der Waals surface area contributed by atoms with E-state index < -0.39 is 7.59 Å². The molecule has 2 heteroatoms. The number of rotatable bonds is 3. The molecule has 0 aromatic carbocycles. The van der Waals surface area contributed by atoms with Gasteiger partial charge in [0.1, 0.15) is 7.59 Å². The smallest absolute Gasteiger partial charge is 0.104 e. The highest BCUT2D eigenvalue weighted by molar-refractivity contribution is 7.25. The number of hydrogen-bond donors (Lipinski definition) is 0. The molecule has 0 N–H and O–H groups in total. The summed E-state index contributed by atoms with van der Waals surface area (Å²) in [6.45, 7) is 11.2. The van der Waals surface area contributed by atoms with Crippen LogP contribution in [0.2, 0.25) is 0 Å². The van der Waals surface area contributed by atoms with Crippen LogP contribution in [0, 0.1) is 0 Å². The van der Waals surface area contributed by atoms with Gasteiger partial charge in [-0.2, -0.15) is 0 Å². The van der Waals surface area contributed by atoms with Crippen molar-refractivity contribution in [3.05, 3.63) is 36.8 Å². The Kier molecular flexibility index (Phi) is 2.72. The Labute approximate surface area is 54.8 Å². The molecule has 0 fully saturated rings. The fourth-order valence-corrected chi connectivity index (χ4v) is 0.750. The second-order valence-corrected chi connectivity index (χ2v) is 11.1. The van der Waals surface area contributed by atoms with Gasteiger partial charge in [0.25, 0.3) is 0 Å². The minimum Gasteiger partial charge on any atom is -0.107 e. The van der Waals surface area contributed by atoms with Crippen molar-refractivity contribution in [3.63, 3.8) is 0 Å². The molecule has 0 aromatic heterocycles. The molecule has 0 aliphatic rings. The summed E-state index contributed by atoms with van der Waals surface area (Å²) >= 11 is 0. The van der Waals surface area contributed by atoms with Gasteiger partial charge in [-0.05, 0) is 0 Å². The van der Waals surface area contributed by atoms with Crippen molar-refractivity contribution in [2.45, 2.75) is 0 Å². The zero-order valence-corrected chi connectivity index (χ0v) is 8.35. The van der Waals surface area contributed by atoms with E-state index in [2.05, 4.69) is 19.7 Å². The zero-order chi connectivity index (χ0) is 6.62. The quantitative estimate of drug-likeness (QED) is 0.500. The van der Waals surface area contributed by atoms with Crippen molar-refractivity contribution >= 4 is 17.4 Å². The van der Waals surface area contributed by atoms with Gasteiger partial charge in [0, 0.05) is 9.76 Å². The molecule has 0 aromatic rings. The van der Waals surface area contributed by atoms with Crippen molar-refractivity contribution in [2.24, 2.45) is 0 Å². The molecule has 0 atom stereocenters. The Hall–Kier alpha value is -0.346. The molecule has 0 aliphatic carbocycles. The number of hydrogen-bond acceptors (Lipinski definition) is 0. The van der Waals surface area contributed by atoms with Crippen LogP contribution in [0.5, 0.6) is 0 Å². The lowest BCUT2D eigenvalue weighted by Gasteiger charge is -2.09. The standard InChI is InChI=1S/C6H12Si2/c1-4-8(7,5-2)6-3/h4-6H,1-3H2,7H3. The van der Waals surface area contributed by atoms with Gasteiger partial charge in [0.05, 0.1) is 0 Å². The Balaban J connectivity index is 4.18. The summed E-state index contributed by atoms with van der Waals surface area (Å²) in [5.74, 6) is 0. The second kappa shape index (κ2) is 2.84. The Morgan fingerprint density at radius 1 is 1.00 bits per heavy atom. The normalized spacial score (nSPS) is 10.5. The van der Waals surface area contributed by atoms with Gasteiger partial charge < -0.3 is 0 Å². The Bertz CT molecular complexity index is 93.9. The van der Waals surface area contributed by atoms with Crippen LogP contribution < -0.4 is 0 Å². The second-order valence-electron chi connectivity index (χ2n) is 1.98. The van der Waals surface area contributed by atoms with Crippen LogP contribution in [0.15, 0.2) is 36.8 Å². The first-order chi connectivity index (χ1) is 3.68. The lowest BCUT2D eigenvalue weighted by atomic mass is 11.2. The maximum atomic E-state index is 3.73. The maximum absolute atomic E-state index is 3.73. The van der Waals surface area contributed by atoms with Crippen molar-refractivity contribution in [1.82, 2.24) is 0 Å². The lowest BCUT2D eigenvalue weighted by Crippen LogP contribution is -2.26. The van der Waals surface area contributed by atoms with Crippen LogP contribution in [-0.2, 0) is 0 Å². The molecular weight excluding hydrogens is 128 g/mol. The summed E-state index contributed by atoms with van der Waals surface area (Å²) in [7, 11) is -0.0856. The molecule has 0 rings (SSSR count). The summed E-state index contributed by atoms with van der Waals surface area (Å²) in [5.41, 5.74) is 6.04. The average Bonchev–Trinajstić information content (AvgIpc) is 1.87. The third-order valence-electron chi connectivity index (χ3n) is 1.32. The van der Waals surface area contributed by atoms with Crippen LogP contribution in [0.4, 0.5) is 0 Å². The van der Waals surface area contributed by atoms with Crippen LogP contribution in [0.1, 0.15) is 0 Å². The van der Waals surface area contributed by atoms with Gasteiger partial charge in [-0.15, -0.1) is 19.7 Å². The van der Waals surface area contributed by atoms with Gasteiger partial charge in [0.15, 0.2) is 0 Å². The van der Waals surface area contributed by atoms with Crippen molar-refractivity contribution in [1.29, 1.82) is 0 Å². The zero-order valence-electron chi connectivity index (χ0n) is 5.35. The Morgan fingerprint density at radius 2 is 1.25 bits per heavy atom. The highest BCUT2D eigenvalue weighted by Crippen LogP contribution is 1.98. The van der Waals surface area contributed by atoms with E-state index >= 15 is 0 Å². The topological polar surface area (TPSA) is 0 Å². The van der Waals surface area contributed by atoms with E-state index in [0.29, 0.717) is 0 Å². The summed E-state index contributed by atoms with van der Waals surface area (Å²) in [5, 5.41) is 0. The molecular formula is C6H12Si2. The third-order valence-corrected chi connectivity index (χ3v) is 7.63. The van der Waals surface area contributed by atoms with Gasteiger partial charge in [-0.3, -0.25) is 0 Å². The molecule has 44 valence electrons. The van der Waals surface area contributed by atoms with E-state index in [0.717, 1.165) is 9.76 Å².